The number of aliphatic hydroxyl groups is 1. The van der Waals surface area contributed by atoms with Crippen molar-refractivity contribution in [2.24, 2.45) is 5.92 Å². The number of hydrogen-bond acceptors (Lipinski definition) is 4. The van der Waals surface area contributed by atoms with Gasteiger partial charge in [-0.25, -0.2) is 0 Å². The third-order valence-electron chi connectivity index (χ3n) is 4.09. The lowest BCUT2D eigenvalue weighted by Gasteiger charge is -2.33. The van der Waals surface area contributed by atoms with Crippen molar-refractivity contribution in [3.63, 3.8) is 0 Å². The molecule has 0 radical (unpaired) electrons. The zero-order valence-corrected chi connectivity index (χ0v) is 12.5. The lowest BCUT2D eigenvalue weighted by molar-refractivity contribution is 0.0692. The van der Waals surface area contributed by atoms with Crippen LogP contribution in [0.2, 0.25) is 0 Å². The zero-order chi connectivity index (χ0) is 14.5. The van der Waals surface area contributed by atoms with Crippen molar-refractivity contribution in [2.75, 3.05) is 25.4 Å². The molecule has 1 aliphatic heterocycles. The molecule has 1 aliphatic rings. The average molecular weight is 278 g/mol. The van der Waals surface area contributed by atoms with Gasteiger partial charge in [0.1, 0.15) is 5.75 Å². The van der Waals surface area contributed by atoms with E-state index in [2.05, 4.69) is 4.90 Å². The number of anilines is 1. The molecule has 4 heteroatoms. The number of rotatable bonds is 5. The number of hydrogen-bond donors (Lipinski definition) is 2. The molecule has 0 saturated carbocycles. The van der Waals surface area contributed by atoms with Crippen molar-refractivity contribution in [2.45, 2.75) is 39.3 Å². The first-order chi connectivity index (χ1) is 9.60. The maximum absolute atomic E-state index is 9.65. The van der Waals surface area contributed by atoms with Crippen molar-refractivity contribution in [1.29, 1.82) is 0 Å². The summed E-state index contributed by atoms with van der Waals surface area (Å²) in [5.74, 6) is 1.37. The number of nitrogen functional groups attached to an aromatic ring is 1. The van der Waals surface area contributed by atoms with Crippen molar-refractivity contribution in [3.8, 4) is 5.75 Å². The van der Waals surface area contributed by atoms with Gasteiger partial charge < -0.3 is 15.6 Å². The molecular formula is C16H26N2O2. The number of nitrogens with two attached hydrogens (primary N) is 1. The van der Waals surface area contributed by atoms with E-state index in [9.17, 15) is 5.11 Å². The van der Waals surface area contributed by atoms with Crippen LogP contribution in [0.3, 0.4) is 0 Å². The van der Waals surface area contributed by atoms with Gasteiger partial charge in [-0.1, -0.05) is 0 Å². The van der Waals surface area contributed by atoms with Gasteiger partial charge in [-0.05, 0) is 63.9 Å². The van der Waals surface area contributed by atoms with E-state index < -0.39 is 0 Å². The van der Waals surface area contributed by atoms with E-state index in [1.54, 1.807) is 0 Å². The fraction of sp³-hybridized carbons (Fsp3) is 0.625. The highest BCUT2D eigenvalue weighted by molar-refractivity contribution is 5.47. The Morgan fingerprint density at radius 1 is 1.40 bits per heavy atom. The van der Waals surface area contributed by atoms with Gasteiger partial charge >= 0.3 is 0 Å². The smallest absolute Gasteiger partial charge is 0.123 e. The van der Waals surface area contributed by atoms with Crippen LogP contribution >= 0.6 is 0 Å². The van der Waals surface area contributed by atoms with E-state index >= 15 is 0 Å². The van der Waals surface area contributed by atoms with Gasteiger partial charge in [0.15, 0.2) is 0 Å². The molecule has 3 N–H and O–H groups in total. The van der Waals surface area contributed by atoms with Gasteiger partial charge in [0, 0.05) is 17.8 Å². The number of likely N-dealkylation sites (tertiary alicyclic amines) is 1. The predicted molar refractivity (Wildman–Crippen MR) is 81.7 cm³/mol. The number of aliphatic hydroxyl groups excluding tert-OH is 1. The van der Waals surface area contributed by atoms with Gasteiger partial charge in [-0.2, -0.15) is 0 Å². The Morgan fingerprint density at radius 2 is 2.10 bits per heavy atom. The molecule has 0 aromatic heterocycles. The van der Waals surface area contributed by atoms with Crippen LogP contribution in [0.15, 0.2) is 18.2 Å². The van der Waals surface area contributed by atoms with Crippen LogP contribution in [0.4, 0.5) is 5.69 Å². The van der Waals surface area contributed by atoms with Crippen molar-refractivity contribution < 1.29 is 9.84 Å². The zero-order valence-electron chi connectivity index (χ0n) is 12.5. The molecule has 0 amide bonds. The van der Waals surface area contributed by atoms with E-state index in [1.165, 1.54) is 0 Å². The summed E-state index contributed by atoms with van der Waals surface area (Å²) in [4.78, 5) is 2.41. The van der Waals surface area contributed by atoms with Crippen molar-refractivity contribution >= 4 is 5.69 Å². The Hall–Kier alpha value is -1.26. The lowest BCUT2D eigenvalue weighted by atomic mass is 9.92. The molecule has 1 aromatic rings. The summed E-state index contributed by atoms with van der Waals surface area (Å²) in [6, 6.07) is 5.84. The summed E-state index contributed by atoms with van der Waals surface area (Å²) in [5.41, 5.74) is 7.82. The van der Waals surface area contributed by atoms with Crippen LogP contribution in [0.5, 0.6) is 5.75 Å². The monoisotopic (exact) mass is 278 g/mol. The summed E-state index contributed by atoms with van der Waals surface area (Å²) in [6.07, 6.45) is 1.93. The summed E-state index contributed by atoms with van der Waals surface area (Å²) < 4.78 is 5.67. The van der Waals surface area contributed by atoms with Crippen molar-refractivity contribution in [1.82, 2.24) is 4.90 Å². The summed E-state index contributed by atoms with van der Waals surface area (Å²) in [6.45, 7) is 7.47. The fourth-order valence-electron chi connectivity index (χ4n) is 2.85. The molecule has 4 nitrogen and oxygen atoms in total. The highest BCUT2D eigenvalue weighted by atomic mass is 16.5. The second-order valence-electron chi connectivity index (χ2n) is 5.65. The number of ether oxygens (including phenoxy) is 1. The van der Waals surface area contributed by atoms with Gasteiger partial charge in [-0.3, -0.25) is 4.90 Å². The third kappa shape index (κ3) is 3.87. The van der Waals surface area contributed by atoms with Crippen LogP contribution in [0.1, 0.15) is 32.3 Å². The Kier molecular flexibility index (Phi) is 5.26. The Bertz CT molecular complexity index is 426. The minimum atomic E-state index is -0.191. The first-order valence-corrected chi connectivity index (χ1v) is 7.51. The standard InChI is InChI=1S/C16H26N2O2/c1-3-20-16-5-4-15(17)10-14(16)11-18-8-6-13(7-9-18)12(2)19/h4-5,10,12-13,19H,3,6-9,11,17H2,1-2H3. The average Bonchev–Trinajstić information content (AvgIpc) is 2.42. The first-order valence-electron chi connectivity index (χ1n) is 7.51. The van der Waals surface area contributed by atoms with Gasteiger partial charge in [0.25, 0.3) is 0 Å². The molecule has 112 valence electrons. The minimum Gasteiger partial charge on any atom is -0.494 e. The molecule has 1 unspecified atom stereocenters. The SMILES string of the molecule is CCOc1ccc(N)cc1CN1CCC(C(C)O)CC1. The summed E-state index contributed by atoms with van der Waals surface area (Å²) >= 11 is 0. The van der Waals surface area contributed by atoms with Crippen LogP contribution in [0.25, 0.3) is 0 Å². The highest BCUT2D eigenvalue weighted by Gasteiger charge is 2.23. The number of piperidine rings is 1. The second kappa shape index (κ2) is 6.95. The maximum Gasteiger partial charge on any atom is 0.123 e. The van der Waals surface area contributed by atoms with Crippen LogP contribution in [-0.4, -0.2) is 35.8 Å². The number of benzene rings is 1. The molecule has 0 bridgehead atoms. The fourth-order valence-corrected chi connectivity index (χ4v) is 2.85. The minimum absolute atomic E-state index is 0.191. The predicted octanol–water partition coefficient (Wildman–Crippen LogP) is 2.26. The lowest BCUT2D eigenvalue weighted by Crippen LogP contribution is -2.36. The van der Waals surface area contributed by atoms with Crippen molar-refractivity contribution in [3.05, 3.63) is 23.8 Å². The molecule has 1 saturated heterocycles. The molecule has 20 heavy (non-hydrogen) atoms. The summed E-state index contributed by atoms with van der Waals surface area (Å²) in [7, 11) is 0. The normalized spacial score (nSPS) is 18.9. The van der Waals surface area contributed by atoms with Crippen LogP contribution in [-0.2, 0) is 6.54 Å². The number of nitrogens with zero attached hydrogens (tertiary/aromatic N) is 1. The Balaban J connectivity index is 1.98. The van der Waals surface area contributed by atoms with Gasteiger partial charge in [0.05, 0.1) is 12.7 Å². The van der Waals surface area contributed by atoms with E-state index in [1.807, 2.05) is 32.0 Å². The molecule has 2 rings (SSSR count). The topological polar surface area (TPSA) is 58.7 Å². The Morgan fingerprint density at radius 3 is 2.70 bits per heavy atom. The molecular weight excluding hydrogens is 252 g/mol. The molecule has 0 aliphatic carbocycles. The van der Waals surface area contributed by atoms with E-state index in [0.717, 1.165) is 49.5 Å². The van der Waals surface area contributed by atoms with E-state index in [4.69, 9.17) is 10.5 Å². The second-order valence-corrected chi connectivity index (χ2v) is 5.65. The van der Waals surface area contributed by atoms with E-state index in [-0.39, 0.29) is 6.10 Å². The molecule has 0 spiro atoms. The van der Waals surface area contributed by atoms with Crippen LogP contribution in [0, 0.1) is 5.92 Å². The summed E-state index contributed by atoms with van der Waals surface area (Å²) in [5, 5.41) is 9.65. The Labute approximate surface area is 121 Å². The molecule has 1 atom stereocenters. The third-order valence-corrected chi connectivity index (χ3v) is 4.09. The first kappa shape index (κ1) is 15.1. The highest BCUT2D eigenvalue weighted by Crippen LogP contribution is 2.26. The van der Waals surface area contributed by atoms with Crippen LogP contribution < -0.4 is 10.5 Å². The molecule has 1 aromatic carbocycles. The van der Waals surface area contributed by atoms with Gasteiger partial charge in [-0.15, -0.1) is 0 Å². The quantitative estimate of drug-likeness (QED) is 0.811. The van der Waals surface area contributed by atoms with Gasteiger partial charge in [0.2, 0.25) is 0 Å². The molecule has 1 fully saturated rings. The van der Waals surface area contributed by atoms with E-state index in [0.29, 0.717) is 12.5 Å². The maximum atomic E-state index is 9.65. The molecule has 1 heterocycles. The largest absolute Gasteiger partial charge is 0.494 e.